The summed E-state index contributed by atoms with van der Waals surface area (Å²) in [6.45, 7) is 12.9. The summed E-state index contributed by atoms with van der Waals surface area (Å²) in [5.74, 6) is 0.556. The third-order valence-electron chi connectivity index (χ3n) is 5.91. The van der Waals surface area contributed by atoms with E-state index in [-0.39, 0.29) is 29.2 Å². The van der Waals surface area contributed by atoms with Crippen molar-refractivity contribution in [1.82, 2.24) is 9.47 Å². The largest absolute Gasteiger partial charge is 0.382 e. The minimum atomic E-state index is -0.315. The highest BCUT2D eigenvalue weighted by atomic mass is 32.2. The number of rotatable bonds is 8. The van der Waals surface area contributed by atoms with Gasteiger partial charge in [-0.3, -0.25) is 19.1 Å². The third-order valence-corrected chi connectivity index (χ3v) is 7.28. The second-order valence-electron chi connectivity index (χ2n) is 8.44. The summed E-state index contributed by atoms with van der Waals surface area (Å²) in [6, 6.07) is 2.07. The highest BCUT2D eigenvalue weighted by Crippen LogP contribution is 2.36. The molecular formula is C24H32N4O4S2. The molecule has 2 unspecified atom stereocenters. The van der Waals surface area contributed by atoms with Crippen LogP contribution < -0.4 is 10.5 Å². The van der Waals surface area contributed by atoms with Crippen molar-refractivity contribution in [3.05, 3.63) is 31.9 Å². The first-order valence-corrected chi connectivity index (χ1v) is 12.9. The number of morpholine rings is 1. The second-order valence-corrected chi connectivity index (χ2v) is 10.1. The molecule has 3 heterocycles. The minimum Gasteiger partial charge on any atom is -0.382 e. The van der Waals surface area contributed by atoms with E-state index < -0.39 is 0 Å². The fourth-order valence-electron chi connectivity index (χ4n) is 4.42. The van der Waals surface area contributed by atoms with Crippen LogP contribution in [0.5, 0.6) is 0 Å². The zero-order valence-electron chi connectivity index (χ0n) is 20.4. The van der Waals surface area contributed by atoms with Gasteiger partial charge in [0.25, 0.3) is 11.5 Å². The normalized spacial score (nSPS) is 22.1. The van der Waals surface area contributed by atoms with Crippen molar-refractivity contribution in [2.24, 2.45) is 0 Å². The third kappa shape index (κ3) is 5.38. The van der Waals surface area contributed by atoms with Gasteiger partial charge in [-0.1, -0.05) is 24.0 Å². The molecule has 1 aromatic rings. The van der Waals surface area contributed by atoms with Crippen LogP contribution in [-0.4, -0.2) is 64.8 Å². The molecule has 0 spiro atoms. The van der Waals surface area contributed by atoms with Crippen molar-refractivity contribution in [3.8, 4) is 6.07 Å². The van der Waals surface area contributed by atoms with Gasteiger partial charge >= 0.3 is 0 Å². The zero-order chi connectivity index (χ0) is 25.0. The van der Waals surface area contributed by atoms with Gasteiger partial charge in [-0.05, 0) is 52.7 Å². The lowest BCUT2D eigenvalue weighted by atomic mass is 10.0. The fraction of sp³-hybridized carbons (Fsp3) is 0.583. The number of anilines is 1. The summed E-state index contributed by atoms with van der Waals surface area (Å²) in [7, 11) is 0. The van der Waals surface area contributed by atoms with E-state index in [1.54, 1.807) is 22.5 Å². The molecule has 0 aromatic carbocycles. The van der Waals surface area contributed by atoms with E-state index in [0.717, 1.165) is 0 Å². The number of ether oxygens (including phenoxy) is 2. The molecule has 0 saturated carbocycles. The van der Waals surface area contributed by atoms with Crippen LogP contribution in [0.15, 0.2) is 9.70 Å². The average Bonchev–Trinajstić information content (AvgIpc) is 3.05. The molecule has 2 aliphatic rings. The maximum absolute atomic E-state index is 13.2. The van der Waals surface area contributed by atoms with Crippen molar-refractivity contribution in [2.45, 2.75) is 59.8 Å². The van der Waals surface area contributed by atoms with Crippen LogP contribution in [0, 0.1) is 18.3 Å². The summed E-state index contributed by atoms with van der Waals surface area (Å²) in [5.41, 5.74) is 1.05. The summed E-state index contributed by atoms with van der Waals surface area (Å²) < 4.78 is 13.4. The maximum Gasteiger partial charge on any atom is 0.270 e. The van der Waals surface area contributed by atoms with Gasteiger partial charge in [-0.2, -0.15) is 5.26 Å². The minimum absolute atomic E-state index is 0.0171. The van der Waals surface area contributed by atoms with E-state index >= 15 is 0 Å². The number of amides is 1. The fourth-order valence-corrected chi connectivity index (χ4v) is 5.71. The van der Waals surface area contributed by atoms with Crippen LogP contribution in [-0.2, 0) is 20.8 Å². The lowest BCUT2D eigenvalue weighted by Gasteiger charge is -2.39. The molecular weight excluding hydrogens is 472 g/mol. The Balaban J connectivity index is 2.09. The predicted octanol–water partition coefficient (Wildman–Crippen LogP) is 3.29. The molecule has 1 aromatic heterocycles. The first-order chi connectivity index (χ1) is 16.2. The van der Waals surface area contributed by atoms with Gasteiger partial charge in [0.05, 0.1) is 17.1 Å². The zero-order valence-corrected chi connectivity index (χ0v) is 22.1. The van der Waals surface area contributed by atoms with Gasteiger partial charge in [0, 0.05) is 45.0 Å². The maximum atomic E-state index is 13.2. The number of aromatic nitrogens is 1. The van der Waals surface area contributed by atoms with Crippen LogP contribution in [0.3, 0.4) is 0 Å². The Kier molecular flexibility index (Phi) is 8.93. The monoisotopic (exact) mass is 504 g/mol. The first kappa shape index (κ1) is 26.4. The number of thiocarbonyl (C=S) groups is 1. The second kappa shape index (κ2) is 11.5. The average molecular weight is 505 g/mol. The number of hydrogen-bond donors (Lipinski definition) is 0. The molecule has 3 rings (SSSR count). The van der Waals surface area contributed by atoms with E-state index in [1.165, 1.54) is 11.8 Å². The number of pyridine rings is 1. The highest BCUT2D eigenvalue weighted by molar-refractivity contribution is 8.26. The van der Waals surface area contributed by atoms with Crippen LogP contribution in [0.1, 0.15) is 50.8 Å². The molecule has 2 aliphatic heterocycles. The number of carbonyl (C=O) groups excluding carboxylic acids is 1. The van der Waals surface area contributed by atoms with E-state index in [2.05, 4.69) is 11.0 Å². The molecule has 0 N–H and O–H groups in total. The van der Waals surface area contributed by atoms with Gasteiger partial charge in [-0.15, -0.1) is 0 Å². The summed E-state index contributed by atoms with van der Waals surface area (Å²) in [5, 5.41) is 9.74. The van der Waals surface area contributed by atoms with Crippen LogP contribution >= 0.6 is 24.0 Å². The number of nitriles is 1. The van der Waals surface area contributed by atoms with E-state index in [4.69, 9.17) is 21.7 Å². The van der Waals surface area contributed by atoms with Crippen molar-refractivity contribution < 1.29 is 14.3 Å². The van der Waals surface area contributed by atoms with Crippen LogP contribution in [0.25, 0.3) is 6.08 Å². The Morgan fingerprint density at radius 2 is 1.94 bits per heavy atom. The molecule has 2 fully saturated rings. The predicted molar refractivity (Wildman–Crippen MR) is 139 cm³/mol. The summed E-state index contributed by atoms with van der Waals surface area (Å²) in [6.07, 6.45) is 2.46. The van der Waals surface area contributed by atoms with E-state index in [0.29, 0.717) is 72.0 Å². The van der Waals surface area contributed by atoms with Crippen molar-refractivity contribution in [2.75, 3.05) is 37.7 Å². The Hall–Kier alpha value is -2.19. The summed E-state index contributed by atoms with van der Waals surface area (Å²) in [4.78, 5) is 30.6. The topological polar surface area (TPSA) is 87.8 Å². The molecule has 10 heteroatoms. The SMILES string of the molecule is CCOCCCN1C(=O)C(=Cc2c(C)c(C#N)c(=O)n(CC)c2N2CC(C)OC(C)C2)SC1=S. The highest BCUT2D eigenvalue weighted by Gasteiger charge is 2.34. The van der Waals surface area contributed by atoms with E-state index in [1.807, 2.05) is 27.7 Å². The number of thioether (sulfide) groups is 1. The van der Waals surface area contributed by atoms with Crippen molar-refractivity contribution in [3.63, 3.8) is 0 Å². The molecule has 0 radical (unpaired) electrons. The molecule has 8 nitrogen and oxygen atoms in total. The Labute approximate surface area is 210 Å². The Morgan fingerprint density at radius 3 is 2.53 bits per heavy atom. The summed E-state index contributed by atoms with van der Waals surface area (Å²) >= 11 is 6.73. The van der Waals surface area contributed by atoms with Gasteiger partial charge in [0.1, 0.15) is 21.8 Å². The number of nitrogens with zero attached hydrogens (tertiary/aromatic N) is 4. The lowest BCUT2D eigenvalue weighted by molar-refractivity contribution is -0.122. The van der Waals surface area contributed by atoms with Crippen molar-refractivity contribution >= 4 is 46.1 Å². The molecule has 184 valence electrons. The van der Waals surface area contributed by atoms with Crippen LogP contribution in [0.2, 0.25) is 0 Å². The molecule has 2 saturated heterocycles. The van der Waals surface area contributed by atoms with Gasteiger partial charge in [0.15, 0.2) is 0 Å². The smallest absolute Gasteiger partial charge is 0.270 e. The Bertz CT molecular complexity index is 1080. The van der Waals surface area contributed by atoms with Gasteiger partial charge in [-0.25, -0.2) is 0 Å². The van der Waals surface area contributed by atoms with E-state index in [9.17, 15) is 14.9 Å². The lowest BCUT2D eigenvalue weighted by Crippen LogP contribution is -2.48. The van der Waals surface area contributed by atoms with Gasteiger partial charge in [0.2, 0.25) is 0 Å². The van der Waals surface area contributed by atoms with Crippen LogP contribution in [0.4, 0.5) is 5.82 Å². The molecule has 0 aliphatic carbocycles. The Morgan fingerprint density at radius 1 is 1.26 bits per heavy atom. The van der Waals surface area contributed by atoms with Gasteiger partial charge < -0.3 is 14.4 Å². The number of carbonyl (C=O) groups is 1. The molecule has 1 amide bonds. The molecule has 0 bridgehead atoms. The molecule has 2 atom stereocenters. The first-order valence-electron chi connectivity index (χ1n) is 11.6. The molecule has 34 heavy (non-hydrogen) atoms. The standard InChI is InChI=1S/C24H32N4O4S2/c1-6-27-21(26-13-15(3)32-16(4)14-26)18(17(5)19(12-25)22(27)29)11-20-23(30)28(24(33)34-20)9-8-10-31-7-2/h11,15-16H,6-10,13-14H2,1-5H3. The quantitative estimate of drug-likeness (QED) is 0.303. The van der Waals surface area contributed by atoms with Crippen molar-refractivity contribution in [1.29, 1.82) is 5.26 Å². The number of hydrogen-bond acceptors (Lipinski definition) is 8.